The van der Waals surface area contributed by atoms with Gasteiger partial charge in [0.2, 0.25) is 0 Å². The predicted molar refractivity (Wildman–Crippen MR) is 53.7 cm³/mol. The van der Waals surface area contributed by atoms with Crippen molar-refractivity contribution in [1.29, 1.82) is 0 Å². The van der Waals surface area contributed by atoms with E-state index in [0.29, 0.717) is 5.69 Å². The maximum absolute atomic E-state index is 11.2. The second kappa shape index (κ2) is 4.75. The summed E-state index contributed by atoms with van der Waals surface area (Å²) < 4.78 is 5.87. The van der Waals surface area contributed by atoms with Crippen molar-refractivity contribution in [1.82, 2.24) is 9.78 Å². The molecule has 0 aliphatic heterocycles. The second-order valence-corrected chi connectivity index (χ2v) is 3.27. The molecule has 0 aliphatic carbocycles. The molecule has 1 unspecified atom stereocenters. The molecule has 1 heterocycles. The van der Waals surface area contributed by atoms with Gasteiger partial charge in [0.05, 0.1) is 25.3 Å². The summed E-state index contributed by atoms with van der Waals surface area (Å²) in [5.41, 5.74) is 6.24. The molecule has 0 saturated heterocycles. The van der Waals surface area contributed by atoms with Crippen LogP contribution in [0.25, 0.3) is 0 Å². The fourth-order valence-electron chi connectivity index (χ4n) is 1.33. The zero-order valence-corrected chi connectivity index (χ0v) is 9.01. The maximum atomic E-state index is 11.2. The molecule has 0 amide bonds. The summed E-state index contributed by atoms with van der Waals surface area (Å²) in [7, 11) is 2.83. The minimum atomic E-state index is -1.01. The second-order valence-electron chi connectivity index (χ2n) is 3.27. The average molecular weight is 227 g/mol. The lowest BCUT2D eigenvalue weighted by Crippen LogP contribution is -2.18. The molecule has 0 aromatic carbocycles. The SMILES string of the molecule is COC(=O)c1cc(C(N)CC(=O)O)n(C)n1. The molecular formula is C9H13N3O4. The van der Waals surface area contributed by atoms with Gasteiger partial charge in [-0.15, -0.1) is 0 Å². The number of hydrogen-bond acceptors (Lipinski definition) is 5. The van der Waals surface area contributed by atoms with Gasteiger partial charge in [0.1, 0.15) is 0 Å². The zero-order valence-electron chi connectivity index (χ0n) is 9.01. The Morgan fingerprint density at radius 1 is 1.69 bits per heavy atom. The van der Waals surface area contributed by atoms with Gasteiger partial charge in [0, 0.05) is 7.05 Å². The van der Waals surface area contributed by atoms with Crippen LogP contribution in [0.15, 0.2) is 6.07 Å². The van der Waals surface area contributed by atoms with E-state index in [9.17, 15) is 9.59 Å². The molecule has 0 aliphatic rings. The molecule has 1 aromatic heterocycles. The largest absolute Gasteiger partial charge is 0.481 e. The number of carboxylic acid groups (broad SMARTS) is 1. The number of nitrogens with zero attached hydrogens (tertiary/aromatic N) is 2. The van der Waals surface area contributed by atoms with Crippen molar-refractivity contribution in [3.8, 4) is 0 Å². The van der Waals surface area contributed by atoms with Gasteiger partial charge in [-0.2, -0.15) is 5.10 Å². The first-order valence-corrected chi connectivity index (χ1v) is 4.55. The Labute approximate surface area is 91.8 Å². The third-order valence-electron chi connectivity index (χ3n) is 2.08. The van der Waals surface area contributed by atoms with Crippen LogP contribution >= 0.6 is 0 Å². The van der Waals surface area contributed by atoms with E-state index in [-0.39, 0.29) is 12.1 Å². The average Bonchev–Trinajstić information content (AvgIpc) is 2.58. The molecule has 1 atom stereocenters. The minimum absolute atomic E-state index is 0.112. The van der Waals surface area contributed by atoms with E-state index in [1.807, 2.05) is 0 Å². The van der Waals surface area contributed by atoms with Crippen molar-refractivity contribution in [2.75, 3.05) is 7.11 Å². The number of rotatable bonds is 4. The molecule has 0 spiro atoms. The van der Waals surface area contributed by atoms with E-state index in [1.165, 1.54) is 17.9 Å². The number of aryl methyl sites for hydroxylation is 1. The van der Waals surface area contributed by atoms with Crippen molar-refractivity contribution in [3.05, 3.63) is 17.5 Å². The molecule has 7 heteroatoms. The Hall–Kier alpha value is -1.89. The van der Waals surface area contributed by atoms with Gasteiger partial charge in [-0.1, -0.05) is 0 Å². The molecule has 7 nitrogen and oxygen atoms in total. The van der Waals surface area contributed by atoms with E-state index in [1.54, 1.807) is 7.05 Å². The van der Waals surface area contributed by atoms with E-state index in [2.05, 4.69) is 9.84 Å². The summed E-state index contributed by atoms with van der Waals surface area (Å²) >= 11 is 0. The number of aromatic nitrogens is 2. The van der Waals surface area contributed by atoms with Crippen molar-refractivity contribution < 1.29 is 19.4 Å². The first-order chi connectivity index (χ1) is 7.45. The van der Waals surface area contributed by atoms with E-state index < -0.39 is 18.0 Å². The van der Waals surface area contributed by atoms with Gasteiger partial charge < -0.3 is 15.6 Å². The standard InChI is InChI=1S/C9H13N3O4/c1-12-7(5(10)3-8(13)14)4-6(11-12)9(15)16-2/h4-5H,3,10H2,1-2H3,(H,13,14). The van der Waals surface area contributed by atoms with Crippen molar-refractivity contribution in [2.24, 2.45) is 12.8 Å². The van der Waals surface area contributed by atoms with Crippen LogP contribution in [0, 0.1) is 0 Å². The minimum Gasteiger partial charge on any atom is -0.481 e. The number of esters is 1. The van der Waals surface area contributed by atoms with Crippen LogP contribution in [-0.2, 0) is 16.6 Å². The quantitative estimate of drug-likeness (QED) is 0.682. The number of carbonyl (C=O) groups excluding carboxylic acids is 1. The van der Waals surface area contributed by atoms with Crippen molar-refractivity contribution in [3.63, 3.8) is 0 Å². The molecule has 1 rings (SSSR count). The van der Waals surface area contributed by atoms with Crippen LogP contribution in [0.2, 0.25) is 0 Å². The number of nitrogens with two attached hydrogens (primary N) is 1. The number of hydrogen-bond donors (Lipinski definition) is 2. The Morgan fingerprint density at radius 2 is 2.31 bits per heavy atom. The first-order valence-electron chi connectivity index (χ1n) is 4.55. The molecule has 1 aromatic rings. The fourth-order valence-corrected chi connectivity index (χ4v) is 1.33. The van der Waals surface area contributed by atoms with E-state index in [4.69, 9.17) is 10.8 Å². The highest BCUT2D eigenvalue weighted by Gasteiger charge is 2.19. The smallest absolute Gasteiger partial charge is 0.358 e. The summed E-state index contributed by atoms with van der Waals surface area (Å²) in [6.45, 7) is 0. The lowest BCUT2D eigenvalue weighted by atomic mass is 10.1. The number of methoxy groups -OCH3 is 1. The number of aliphatic carboxylic acids is 1. The molecular weight excluding hydrogens is 214 g/mol. The number of carbonyl (C=O) groups is 2. The Balaban J connectivity index is 2.93. The van der Waals surface area contributed by atoms with Crippen LogP contribution in [0.3, 0.4) is 0 Å². The maximum Gasteiger partial charge on any atom is 0.358 e. The van der Waals surface area contributed by atoms with Crippen LogP contribution < -0.4 is 5.73 Å². The van der Waals surface area contributed by atoms with Gasteiger partial charge in [0.15, 0.2) is 5.69 Å². The predicted octanol–water partition coefficient (Wildman–Crippen LogP) is -0.319. The van der Waals surface area contributed by atoms with Crippen LogP contribution in [0.4, 0.5) is 0 Å². The van der Waals surface area contributed by atoms with Crippen LogP contribution in [0.1, 0.15) is 28.6 Å². The van der Waals surface area contributed by atoms with E-state index >= 15 is 0 Å². The number of ether oxygens (including phenoxy) is 1. The normalized spacial score (nSPS) is 12.2. The van der Waals surface area contributed by atoms with Gasteiger partial charge >= 0.3 is 11.9 Å². The topological polar surface area (TPSA) is 107 Å². The molecule has 0 fully saturated rings. The highest BCUT2D eigenvalue weighted by Crippen LogP contribution is 2.15. The lowest BCUT2D eigenvalue weighted by Gasteiger charge is -2.08. The van der Waals surface area contributed by atoms with Gasteiger partial charge in [0.25, 0.3) is 0 Å². The molecule has 88 valence electrons. The molecule has 0 radical (unpaired) electrons. The van der Waals surface area contributed by atoms with Crippen LogP contribution in [-0.4, -0.2) is 33.9 Å². The Kier molecular flexibility index (Phi) is 3.62. The van der Waals surface area contributed by atoms with Gasteiger partial charge in [-0.25, -0.2) is 4.79 Å². The fraction of sp³-hybridized carbons (Fsp3) is 0.444. The van der Waals surface area contributed by atoms with Crippen molar-refractivity contribution >= 4 is 11.9 Å². The third-order valence-corrected chi connectivity index (χ3v) is 2.08. The summed E-state index contributed by atoms with van der Waals surface area (Å²) in [6.07, 6.45) is -0.222. The zero-order chi connectivity index (χ0) is 12.3. The summed E-state index contributed by atoms with van der Waals surface area (Å²) in [5.74, 6) is -1.59. The number of carboxylic acids is 1. The van der Waals surface area contributed by atoms with E-state index in [0.717, 1.165) is 0 Å². The highest BCUT2D eigenvalue weighted by atomic mass is 16.5. The Bertz CT molecular complexity index is 413. The highest BCUT2D eigenvalue weighted by molar-refractivity contribution is 5.87. The van der Waals surface area contributed by atoms with Crippen LogP contribution in [0.5, 0.6) is 0 Å². The first kappa shape index (κ1) is 12.2. The summed E-state index contributed by atoms with van der Waals surface area (Å²) in [5, 5.41) is 12.5. The molecule has 3 N–H and O–H groups in total. The molecule has 0 saturated carbocycles. The summed E-state index contributed by atoms with van der Waals surface area (Å²) in [6, 6.07) is 0.729. The summed E-state index contributed by atoms with van der Waals surface area (Å²) in [4.78, 5) is 21.7. The lowest BCUT2D eigenvalue weighted by molar-refractivity contribution is -0.137. The van der Waals surface area contributed by atoms with Gasteiger partial charge in [-0.3, -0.25) is 9.48 Å². The monoisotopic (exact) mass is 227 g/mol. The Morgan fingerprint density at radius 3 is 2.81 bits per heavy atom. The van der Waals surface area contributed by atoms with Crippen molar-refractivity contribution in [2.45, 2.75) is 12.5 Å². The van der Waals surface area contributed by atoms with Gasteiger partial charge in [-0.05, 0) is 6.07 Å². The third kappa shape index (κ3) is 2.57. The molecule has 16 heavy (non-hydrogen) atoms. The molecule has 0 bridgehead atoms.